The van der Waals surface area contributed by atoms with E-state index in [1.165, 1.54) is 51.6 Å². The topological polar surface area (TPSA) is 29.3 Å². The lowest BCUT2D eigenvalue weighted by molar-refractivity contribution is 0.0821. The smallest absolute Gasteiger partial charge is 0.0126 e. The molecular formula is C14H26N2. The molecule has 2 bridgehead atoms. The molecule has 3 aliphatic rings. The first-order chi connectivity index (χ1) is 7.74. The van der Waals surface area contributed by atoms with Crippen molar-refractivity contribution in [2.75, 3.05) is 13.1 Å². The number of rotatable bonds is 2. The van der Waals surface area contributed by atoms with Crippen molar-refractivity contribution >= 4 is 0 Å². The lowest BCUT2D eigenvalue weighted by Gasteiger charge is -2.41. The lowest BCUT2D eigenvalue weighted by atomic mass is 9.87. The Morgan fingerprint density at radius 1 is 1.19 bits per heavy atom. The van der Waals surface area contributed by atoms with Crippen LogP contribution in [-0.4, -0.2) is 30.1 Å². The molecule has 5 unspecified atom stereocenters. The molecule has 2 aliphatic carbocycles. The fourth-order valence-electron chi connectivity index (χ4n) is 4.43. The first-order valence-corrected chi connectivity index (χ1v) is 7.23. The van der Waals surface area contributed by atoms with Gasteiger partial charge in [-0.2, -0.15) is 0 Å². The van der Waals surface area contributed by atoms with Crippen LogP contribution in [0, 0.1) is 17.8 Å². The van der Waals surface area contributed by atoms with Gasteiger partial charge in [-0.15, -0.1) is 0 Å². The predicted molar refractivity (Wildman–Crippen MR) is 67.2 cm³/mol. The molecular weight excluding hydrogens is 196 g/mol. The zero-order valence-corrected chi connectivity index (χ0v) is 10.6. The minimum absolute atomic E-state index is 0.390. The molecule has 1 heterocycles. The number of likely N-dealkylation sites (tertiary alicyclic amines) is 1. The third kappa shape index (κ3) is 1.91. The Balaban J connectivity index is 1.62. The van der Waals surface area contributed by atoms with E-state index in [4.69, 9.17) is 5.73 Å². The van der Waals surface area contributed by atoms with Crippen LogP contribution in [-0.2, 0) is 0 Å². The van der Waals surface area contributed by atoms with Crippen LogP contribution in [0.5, 0.6) is 0 Å². The van der Waals surface area contributed by atoms with Gasteiger partial charge in [0.25, 0.3) is 0 Å². The van der Waals surface area contributed by atoms with Crippen LogP contribution in [0.25, 0.3) is 0 Å². The second-order valence-corrected chi connectivity index (χ2v) is 6.50. The second kappa shape index (κ2) is 4.30. The number of hydrogen-bond donors (Lipinski definition) is 1. The average Bonchev–Trinajstić information content (AvgIpc) is 2.91. The molecule has 0 radical (unpaired) electrons. The van der Waals surface area contributed by atoms with Crippen molar-refractivity contribution in [3.05, 3.63) is 0 Å². The largest absolute Gasteiger partial charge is 0.328 e. The monoisotopic (exact) mass is 222 g/mol. The molecule has 2 N–H and O–H groups in total. The van der Waals surface area contributed by atoms with Gasteiger partial charge in [0.15, 0.2) is 0 Å². The van der Waals surface area contributed by atoms with Gasteiger partial charge in [0.05, 0.1) is 0 Å². The summed E-state index contributed by atoms with van der Waals surface area (Å²) < 4.78 is 0. The minimum Gasteiger partial charge on any atom is -0.328 e. The number of nitrogens with two attached hydrogens (primary N) is 1. The third-order valence-electron chi connectivity index (χ3n) is 5.40. The normalized spacial score (nSPS) is 46.1. The van der Waals surface area contributed by atoms with Crippen molar-refractivity contribution in [2.24, 2.45) is 23.5 Å². The van der Waals surface area contributed by atoms with Gasteiger partial charge in [-0.1, -0.05) is 6.42 Å². The molecule has 5 atom stereocenters. The summed E-state index contributed by atoms with van der Waals surface area (Å²) in [4.78, 5) is 2.79. The van der Waals surface area contributed by atoms with Crippen molar-refractivity contribution in [3.8, 4) is 0 Å². The second-order valence-electron chi connectivity index (χ2n) is 6.50. The van der Waals surface area contributed by atoms with Crippen molar-refractivity contribution in [2.45, 2.75) is 57.5 Å². The third-order valence-corrected chi connectivity index (χ3v) is 5.40. The summed E-state index contributed by atoms with van der Waals surface area (Å²) in [5.41, 5.74) is 6.08. The van der Waals surface area contributed by atoms with E-state index < -0.39 is 0 Å². The number of hydrogen-bond acceptors (Lipinski definition) is 2. The Kier molecular flexibility index (Phi) is 2.97. The Bertz CT molecular complexity index is 251. The molecule has 2 heteroatoms. The van der Waals surface area contributed by atoms with E-state index in [9.17, 15) is 0 Å². The molecule has 2 saturated carbocycles. The maximum Gasteiger partial charge on any atom is 0.0126 e. The number of fused-ring (bicyclic) bond motifs is 2. The summed E-state index contributed by atoms with van der Waals surface area (Å²) in [6, 6.07) is 1.32. The van der Waals surface area contributed by atoms with Crippen LogP contribution < -0.4 is 5.73 Å². The SMILES string of the molecule is CC(N)C1CCCN(C2CC3CCC2C3)C1. The molecule has 3 fully saturated rings. The van der Waals surface area contributed by atoms with Gasteiger partial charge in [0.1, 0.15) is 0 Å². The molecule has 3 rings (SSSR count). The molecule has 0 aromatic carbocycles. The van der Waals surface area contributed by atoms with Crippen molar-refractivity contribution in [1.29, 1.82) is 0 Å². The molecule has 0 spiro atoms. The summed E-state index contributed by atoms with van der Waals surface area (Å²) in [5, 5.41) is 0. The standard InChI is InChI=1S/C14H26N2/c1-10(15)13-3-2-6-16(9-13)14-8-11-4-5-12(14)7-11/h10-14H,2-9,15H2,1H3. The van der Waals surface area contributed by atoms with E-state index in [0.717, 1.165) is 23.8 Å². The van der Waals surface area contributed by atoms with Gasteiger partial charge in [-0.3, -0.25) is 4.90 Å². The highest BCUT2D eigenvalue weighted by atomic mass is 15.2. The molecule has 92 valence electrons. The minimum atomic E-state index is 0.390. The van der Waals surface area contributed by atoms with Crippen LogP contribution in [0.1, 0.15) is 45.4 Å². The van der Waals surface area contributed by atoms with E-state index in [2.05, 4.69) is 11.8 Å². The Morgan fingerprint density at radius 2 is 2.06 bits per heavy atom. The fourth-order valence-corrected chi connectivity index (χ4v) is 4.43. The van der Waals surface area contributed by atoms with Gasteiger partial charge >= 0.3 is 0 Å². The maximum atomic E-state index is 6.08. The summed E-state index contributed by atoms with van der Waals surface area (Å²) in [7, 11) is 0. The van der Waals surface area contributed by atoms with Gasteiger partial charge in [-0.25, -0.2) is 0 Å². The number of piperidine rings is 1. The first kappa shape index (κ1) is 11.0. The van der Waals surface area contributed by atoms with Crippen LogP contribution in [0.15, 0.2) is 0 Å². The van der Waals surface area contributed by atoms with Gasteiger partial charge in [0, 0.05) is 18.6 Å². The van der Waals surface area contributed by atoms with Gasteiger partial charge in [-0.05, 0) is 63.3 Å². The molecule has 1 saturated heterocycles. The van der Waals surface area contributed by atoms with Crippen LogP contribution in [0.3, 0.4) is 0 Å². The van der Waals surface area contributed by atoms with Gasteiger partial charge < -0.3 is 5.73 Å². The summed E-state index contributed by atoms with van der Waals surface area (Å²) in [5.74, 6) is 2.87. The molecule has 0 amide bonds. The van der Waals surface area contributed by atoms with Crippen LogP contribution in [0.4, 0.5) is 0 Å². The fraction of sp³-hybridized carbons (Fsp3) is 1.00. The van der Waals surface area contributed by atoms with Crippen molar-refractivity contribution in [3.63, 3.8) is 0 Å². The zero-order chi connectivity index (χ0) is 11.1. The summed E-state index contributed by atoms with van der Waals surface area (Å²) >= 11 is 0. The summed E-state index contributed by atoms with van der Waals surface area (Å²) in [6.07, 6.45) is 8.79. The van der Waals surface area contributed by atoms with Crippen molar-refractivity contribution < 1.29 is 0 Å². The molecule has 16 heavy (non-hydrogen) atoms. The zero-order valence-electron chi connectivity index (χ0n) is 10.6. The summed E-state index contributed by atoms with van der Waals surface area (Å²) in [6.45, 7) is 4.82. The van der Waals surface area contributed by atoms with Gasteiger partial charge in [0.2, 0.25) is 0 Å². The Morgan fingerprint density at radius 3 is 2.69 bits per heavy atom. The highest BCUT2D eigenvalue weighted by Crippen LogP contribution is 2.47. The maximum absolute atomic E-state index is 6.08. The highest BCUT2D eigenvalue weighted by molar-refractivity contribution is 4.97. The Labute approximate surface area is 99.6 Å². The van der Waals surface area contributed by atoms with Crippen LogP contribution >= 0.6 is 0 Å². The van der Waals surface area contributed by atoms with E-state index in [1.54, 1.807) is 0 Å². The van der Waals surface area contributed by atoms with E-state index in [0.29, 0.717) is 6.04 Å². The van der Waals surface area contributed by atoms with E-state index in [1.807, 2.05) is 0 Å². The molecule has 2 nitrogen and oxygen atoms in total. The molecule has 1 aliphatic heterocycles. The highest BCUT2D eigenvalue weighted by Gasteiger charge is 2.43. The van der Waals surface area contributed by atoms with E-state index in [-0.39, 0.29) is 0 Å². The quantitative estimate of drug-likeness (QED) is 0.776. The van der Waals surface area contributed by atoms with E-state index >= 15 is 0 Å². The molecule has 0 aromatic heterocycles. The first-order valence-electron chi connectivity index (χ1n) is 7.23. The average molecular weight is 222 g/mol. The number of nitrogens with zero attached hydrogens (tertiary/aromatic N) is 1. The van der Waals surface area contributed by atoms with Crippen molar-refractivity contribution in [1.82, 2.24) is 4.90 Å². The van der Waals surface area contributed by atoms with Crippen LogP contribution in [0.2, 0.25) is 0 Å². The predicted octanol–water partition coefficient (Wildman–Crippen LogP) is 2.23. The Hall–Kier alpha value is -0.0800. The lowest BCUT2D eigenvalue weighted by Crippen LogP contribution is -2.48. The molecule has 0 aromatic rings.